The Morgan fingerprint density at radius 2 is 1.79 bits per heavy atom. The summed E-state index contributed by atoms with van der Waals surface area (Å²) in [5.74, 6) is -1.08. The number of sulfonamides is 1. The zero-order valence-electron chi connectivity index (χ0n) is 15.0. The van der Waals surface area contributed by atoms with Crippen molar-refractivity contribution in [2.75, 3.05) is 6.26 Å². The van der Waals surface area contributed by atoms with Crippen molar-refractivity contribution in [3.05, 3.63) is 71.3 Å². The summed E-state index contributed by atoms with van der Waals surface area (Å²) in [5.41, 5.74) is 0.805. The Morgan fingerprint density at radius 1 is 1.03 bits per heavy atom. The van der Waals surface area contributed by atoms with Crippen LogP contribution >= 0.6 is 11.6 Å². The molecule has 0 amide bonds. The van der Waals surface area contributed by atoms with Crippen molar-refractivity contribution in [2.45, 2.75) is 16.3 Å². The molecule has 29 heavy (non-hydrogen) atoms. The number of pyridine rings is 2. The largest absolute Gasteiger partial charge is 0.255 e. The van der Waals surface area contributed by atoms with Crippen LogP contribution in [0, 0.1) is 5.82 Å². The standard InChI is InChI=1S/C18H15ClFN3O4S2/c1-28(24,25)13-9-12(23-16(10-13)15-6-2-3-8-21-15)11-22-29(26,27)17-7-4-5-14(19)18(17)20/h2-10,22H,11H2,1H3. The van der Waals surface area contributed by atoms with Crippen LogP contribution in [0.1, 0.15) is 5.69 Å². The van der Waals surface area contributed by atoms with Crippen molar-refractivity contribution in [3.8, 4) is 11.4 Å². The maximum atomic E-state index is 14.1. The zero-order chi connectivity index (χ0) is 21.2. The van der Waals surface area contributed by atoms with Crippen molar-refractivity contribution < 1.29 is 21.2 Å². The van der Waals surface area contributed by atoms with Gasteiger partial charge in [0.15, 0.2) is 15.7 Å². The van der Waals surface area contributed by atoms with Crippen LogP contribution in [-0.4, -0.2) is 33.1 Å². The molecular formula is C18H15ClFN3O4S2. The molecule has 3 aromatic rings. The SMILES string of the molecule is CS(=O)(=O)c1cc(CNS(=O)(=O)c2cccc(Cl)c2F)nc(-c2ccccn2)c1. The molecule has 0 aliphatic carbocycles. The number of nitrogens with one attached hydrogen (secondary N) is 1. The minimum atomic E-state index is -4.25. The summed E-state index contributed by atoms with van der Waals surface area (Å²) in [5, 5.41) is -0.331. The molecule has 3 rings (SSSR count). The van der Waals surface area contributed by atoms with E-state index in [1.807, 2.05) is 0 Å². The molecule has 0 radical (unpaired) electrons. The first kappa shape index (κ1) is 21.3. The van der Waals surface area contributed by atoms with Gasteiger partial charge in [-0.25, -0.2) is 30.9 Å². The van der Waals surface area contributed by atoms with Gasteiger partial charge in [0, 0.05) is 12.5 Å². The second kappa shape index (κ2) is 8.15. The Morgan fingerprint density at radius 3 is 2.45 bits per heavy atom. The number of halogens is 2. The van der Waals surface area contributed by atoms with Gasteiger partial charge in [-0.3, -0.25) is 4.98 Å². The molecule has 0 aliphatic rings. The van der Waals surface area contributed by atoms with Crippen LogP contribution < -0.4 is 4.72 Å². The fourth-order valence-electron chi connectivity index (χ4n) is 2.45. The number of benzene rings is 1. The van der Waals surface area contributed by atoms with Gasteiger partial charge >= 0.3 is 0 Å². The lowest BCUT2D eigenvalue weighted by Gasteiger charge is -2.10. The van der Waals surface area contributed by atoms with Gasteiger partial charge in [0.05, 0.1) is 33.5 Å². The molecule has 0 bridgehead atoms. The average molecular weight is 456 g/mol. The number of sulfone groups is 1. The van der Waals surface area contributed by atoms with Crippen LogP contribution in [0.15, 0.2) is 64.5 Å². The van der Waals surface area contributed by atoms with E-state index in [1.165, 1.54) is 30.5 Å². The Labute approximate surface area is 172 Å². The highest BCUT2D eigenvalue weighted by Crippen LogP contribution is 2.23. The van der Waals surface area contributed by atoms with E-state index in [1.54, 1.807) is 18.2 Å². The van der Waals surface area contributed by atoms with Crippen LogP contribution in [0.3, 0.4) is 0 Å². The van der Waals surface area contributed by atoms with E-state index in [0.29, 0.717) is 5.69 Å². The van der Waals surface area contributed by atoms with Gasteiger partial charge in [-0.1, -0.05) is 23.7 Å². The van der Waals surface area contributed by atoms with Gasteiger partial charge in [0.25, 0.3) is 0 Å². The smallest absolute Gasteiger partial charge is 0.243 e. The molecular weight excluding hydrogens is 441 g/mol. The van der Waals surface area contributed by atoms with Crippen LogP contribution in [0.2, 0.25) is 5.02 Å². The molecule has 0 fully saturated rings. The third kappa shape index (κ3) is 4.96. The lowest BCUT2D eigenvalue weighted by molar-refractivity contribution is 0.556. The second-order valence-electron chi connectivity index (χ2n) is 6.04. The van der Waals surface area contributed by atoms with E-state index in [2.05, 4.69) is 14.7 Å². The van der Waals surface area contributed by atoms with Gasteiger partial charge in [-0.05, 0) is 36.4 Å². The quantitative estimate of drug-likeness (QED) is 0.612. The van der Waals surface area contributed by atoms with E-state index in [-0.39, 0.29) is 27.9 Å². The van der Waals surface area contributed by atoms with E-state index in [0.717, 1.165) is 12.3 Å². The maximum Gasteiger partial charge on any atom is 0.243 e. The Hall–Kier alpha value is -2.40. The van der Waals surface area contributed by atoms with Crippen molar-refractivity contribution in [1.82, 2.24) is 14.7 Å². The van der Waals surface area contributed by atoms with Crippen LogP contribution in [0.25, 0.3) is 11.4 Å². The molecule has 0 aliphatic heterocycles. The molecule has 1 aromatic carbocycles. The number of hydrogen-bond donors (Lipinski definition) is 1. The van der Waals surface area contributed by atoms with Crippen molar-refractivity contribution in [1.29, 1.82) is 0 Å². The number of hydrogen-bond acceptors (Lipinski definition) is 6. The summed E-state index contributed by atoms with van der Waals surface area (Å²) in [6, 6.07) is 11.3. The van der Waals surface area contributed by atoms with Crippen molar-refractivity contribution in [3.63, 3.8) is 0 Å². The van der Waals surface area contributed by atoms with Gasteiger partial charge in [-0.2, -0.15) is 0 Å². The fourth-order valence-corrected chi connectivity index (χ4v) is 4.45. The molecule has 0 atom stereocenters. The van der Waals surface area contributed by atoms with Gasteiger partial charge < -0.3 is 0 Å². The first-order valence-electron chi connectivity index (χ1n) is 8.14. The monoisotopic (exact) mass is 455 g/mol. The maximum absolute atomic E-state index is 14.1. The van der Waals surface area contributed by atoms with Gasteiger partial charge in [0.2, 0.25) is 10.0 Å². The Bertz CT molecular complexity index is 1270. The molecule has 2 heterocycles. The molecule has 0 unspecified atom stereocenters. The minimum absolute atomic E-state index is 0.0451. The molecule has 0 spiro atoms. The highest BCUT2D eigenvalue weighted by molar-refractivity contribution is 7.90. The predicted molar refractivity (Wildman–Crippen MR) is 106 cm³/mol. The minimum Gasteiger partial charge on any atom is -0.255 e. The lowest BCUT2D eigenvalue weighted by atomic mass is 10.2. The summed E-state index contributed by atoms with van der Waals surface area (Å²) >= 11 is 5.64. The molecule has 152 valence electrons. The van der Waals surface area contributed by atoms with E-state index in [9.17, 15) is 21.2 Å². The molecule has 0 saturated carbocycles. The van der Waals surface area contributed by atoms with Crippen molar-refractivity contribution >= 4 is 31.5 Å². The molecule has 0 saturated heterocycles. The predicted octanol–water partition coefficient (Wildman–Crippen LogP) is 2.82. The summed E-state index contributed by atoms with van der Waals surface area (Å²) in [4.78, 5) is 7.75. The number of nitrogens with zero attached hydrogens (tertiary/aromatic N) is 2. The van der Waals surface area contributed by atoms with Crippen LogP contribution in [-0.2, 0) is 26.4 Å². The van der Waals surface area contributed by atoms with Gasteiger partial charge in [-0.15, -0.1) is 0 Å². The second-order valence-corrected chi connectivity index (χ2v) is 10.2. The van der Waals surface area contributed by atoms with Crippen LogP contribution in [0.5, 0.6) is 0 Å². The molecule has 7 nitrogen and oxygen atoms in total. The summed E-state index contributed by atoms with van der Waals surface area (Å²) in [6.07, 6.45) is 2.55. The number of aromatic nitrogens is 2. The lowest BCUT2D eigenvalue weighted by Crippen LogP contribution is -2.25. The highest BCUT2D eigenvalue weighted by Gasteiger charge is 2.21. The van der Waals surface area contributed by atoms with Crippen LogP contribution in [0.4, 0.5) is 4.39 Å². The Balaban J connectivity index is 1.97. The third-order valence-electron chi connectivity index (χ3n) is 3.86. The molecule has 11 heteroatoms. The summed E-state index contributed by atoms with van der Waals surface area (Å²) in [7, 11) is -7.85. The third-order valence-corrected chi connectivity index (χ3v) is 6.66. The van der Waals surface area contributed by atoms with E-state index >= 15 is 0 Å². The van der Waals surface area contributed by atoms with E-state index < -0.39 is 30.6 Å². The molecule has 1 N–H and O–H groups in total. The zero-order valence-corrected chi connectivity index (χ0v) is 17.4. The normalized spacial score (nSPS) is 12.1. The first-order chi connectivity index (χ1) is 13.6. The summed E-state index contributed by atoms with van der Waals surface area (Å²) < 4.78 is 65.2. The molecule has 2 aromatic heterocycles. The van der Waals surface area contributed by atoms with Gasteiger partial charge in [0.1, 0.15) is 4.90 Å². The topological polar surface area (TPSA) is 106 Å². The van der Waals surface area contributed by atoms with E-state index in [4.69, 9.17) is 11.6 Å². The number of rotatable bonds is 6. The highest BCUT2D eigenvalue weighted by atomic mass is 35.5. The fraction of sp³-hybridized carbons (Fsp3) is 0.111. The Kier molecular flexibility index (Phi) is 5.99. The summed E-state index contributed by atoms with van der Waals surface area (Å²) in [6.45, 7) is -0.364. The first-order valence-corrected chi connectivity index (χ1v) is 11.9. The average Bonchev–Trinajstić information content (AvgIpc) is 2.68. The van der Waals surface area contributed by atoms with Crippen molar-refractivity contribution in [2.24, 2.45) is 0 Å².